The standard InChI is InChI=1S/C54H29N5S/c1-2-15-32-28-44-39(27-31(32)14-1)48-45(29-38-34-17-5-9-21-40(34)57-41-22-10-7-19-36(41)49(48)51(38)57)59(44)54-55-50-37-20-8-12-24-46(37)60-52(50)53(56-54)58-42-23-11-6-18-35(42)47-33-16-4-3-13-30(33)25-26-43(47)58/h1-29H. The van der Waals surface area contributed by atoms with Crippen LogP contribution in [0.3, 0.4) is 0 Å². The van der Waals surface area contributed by atoms with Gasteiger partial charge in [0.1, 0.15) is 0 Å². The first-order chi connectivity index (χ1) is 29.8. The minimum atomic E-state index is 0.657. The molecule has 276 valence electrons. The quantitative estimate of drug-likeness (QED) is 0.175. The lowest BCUT2D eigenvalue weighted by atomic mass is 10.0. The van der Waals surface area contributed by atoms with Gasteiger partial charge in [-0.05, 0) is 70.1 Å². The smallest absolute Gasteiger partial charge is 0.237 e. The molecular weight excluding hydrogens is 751 g/mol. The third-order valence-electron chi connectivity index (χ3n) is 13.1. The van der Waals surface area contributed by atoms with E-state index in [1.807, 2.05) is 0 Å². The number of aromatic nitrogens is 5. The second kappa shape index (κ2) is 11.0. The van der Waals surface area contributed by atoms with Gasteiger partial charge in [0.15, 0.2) is 5.82 Å². The first-order valence-corrected chi connectivity index (χ1v) is 21.2. The van der Waals surface area contributed by atoms with Crippen molar-refractivity contribution in [1.82, 2.24) is 23.5 Å². The van der Waals surface area contributed by atoms with Gasteiger partial charge in [-0.2, -0.15) is 4.98 Å². The minimum absolute atomic E-state index is 0.657. The molecule has 60 heavy (non-hydrogen) atoms. The van der Waals surface area contributed by atoms with Crippen molar-refractivity contribution in [3.63, 3.8) is 0 Å². The zero-order chi connectivity index (χ0) is 38.8. The van der Waals surface area contributed by atoms with Gasteiger partial charge < -0.3 is 4.40 Å². The van der Waals surface area contributed by atoms with Crippen LogP contribution in [0.1, 0.15) is 0 Å². The van der Waals surface area contributed by atoms with E-state index in [1.165, 1.54) is 85.9 Å². The van der Waals surface area contributed by atoms with Gasteiger partial charge in [-0.25, -0.2) is 4.98 Å². The SMILES string of the molecule is c1ccc2cc3c(cc2c1)c1c2c4ccccc4n4c5ccccc5c(cc1n3-c1nc(-n3c5ccccc5c5c6ccccc6ccc53)c3sc5ccccc5c3n1)c24. The number of para-hydroxylation sites is 3. The number of hydrogen-bond donors (Lipinski definition) is 0. The van der Waals surface area contributed by atoms with Crippen LogP contribution in [0.5, 0.6) is 0 Å². The Morgan fingerprint density at radius 3 is 1.82 bits per heavy atom. The van der Waals surface area contributed by atoms with Crippen molar-refractivity contribution in [2.24, 2.45) is 0 Å². The van der Waals surface area contributed by atoms with Gasteiger partial charge in [0.25, 0.3) is 0 Å². The molecule has 6 heterocycles. The van der Waals surface area contributed by atoms with Gasteiger partial charge in [-0.3, -0.25) is 9.13 Å². The molecular formula is C54H29N5S. The molecule has 0 amide bonds. The molecule has 0 radical (unpaired) electrons. The molecule has 0 aliphatic rings. The Morgan fingerprint density at radius 2 is 1.00 bits per heavy atom. The van der Waals surface area contributed by atoms with Crippen LogP contribution >= 0.6 is 11.3 Å². The molecule has 15 rings (SSSR count). The van der Waals surface area contributed by atoms with E-state index < -0.39 is 0 Å². The van der Waals surface area contributed by atoms with E-state index in [4.69, 9.17) is 9.97 Å². The Hall–Kier alpha value is -7.80. The molecule has 0 aliphatic carbocycles. The van der Waals surface area contributed by atoms with Gasteiger partial charge in [0.2, 0.25) is 5.95 Å². The van der Waals surface area contributed by atoms with E-state index in [1.54, 1.807) is 11.3 Å². The van der Waals surface area contributed by atoms with Crippen LogP contribution in [-0.2, 0) is 0 Å². The van der Waals surface area contributed by atoms with Crippen molar-refractivity contribution in [3.05, 3.63) is 176 Å². The summed E-state index contributed by atoms with van der Waals surface area (Å²) in [5, 5.41) is 15.8. The fraction of sp³-hybridized carbons (Fsp3) is 0. The van der Waals surface area contributed by atoms with E-state index in [-0.39, 0.29) is 0 Å². The van der Waals surface area contributed by atoms with Crippen LogP contribution < -0.4 is 0 Å². The first kappa shape index (κ1) is 31.2. The molecule has 0 N–H and O–H groups in total. The number of rotatable bonds is 2. The Balaban J connectivity index is 1.18. The highest BCUT2D eigenvalue weighted by atomic mass is 32.1. The summed E-state index contributed by atoms with van der Waals surface area (Å²) in [7, 11) is 0. The number of nitrogens with zero attached hydrogens (tertiary/aromatic N) is 5. The van der Waals surface area contributed by atoms with Crippen molar-refractivity contribution in [1.29, 1.82) is 0 Å². The number of benzene rings is 9. The highest BCUT2D eigenvalue weighted by molar-refractivity contribution is 7.26. The van der Waals surface area contributed by atoms with Gasteiger partial charge >= 0.3 is 0 Å². The Morgan fingerprint density at radius 1 is 0.367 bits per heavy atom. The second-order valence-electron chi connectivity index (χ2n) is 16.1. The minimum Gasteiger partial charge on any atom is -0.308 e. The highest BCUT2D eigenvalue weighted by Gasteiger charge is 2.27. The maximum atomic E-state index is 5.80. The van der Waals surface area contributed by atoms with Gasteiger partial charge in [-0.1, -0.05) is 127 Å². The number of thiophene rings is 1. The molecule has 0 saturated carbocycles. The van der Waals surface area contributed by atoms with Gasteiger partial charge in [0, 0.05) is 53.2 Å². The summed E-state index contributed by atoms with van der Waals surface area (Å²) < 4.78 is 9.49. The van der Waals surface area contributed by atoms with E-state index in [9.17, 15) is 0 Å². The van der Waals surface area contributed by atoms with Crippen molar-refractivity contribution < 1.29 is 0 Å². The summed E-state index contributed by atoms with van der Waals surface area (Å²) in [4.78, 5) is 11.5. The summed E-state index contributed by atoms with van der Waals surface area (Å²) in [5.74, 6) is 1.55. The average Bonchev–Trinajstić information content (AvgIpc) is 4.10. The lowest BCUT2D eigenvalue weighted by Crippen LogP contribution is -2.06. The number of hydrogen-bond acceptors (Lipinski definition) is 3. The lowest BCUT2D eigenvalue weighted by molar-refractivity contribution is 0.977. The van der Waals surface area contributed by atoms with Crippen LogP contribution in [0.4, 0.5) is 0 Å². The molecule has 5 nitrogen and oxygen atoms in total. The van der Waals surface area contributed by atoms with Crippen molar-refractivity contribution >= 4 is 135 Å². The van der Waals surface area contributed by atoms with E-state index in [0.29, 0.717) is 5.95 Å². The average molecular weight is 780 g/mol. The molecule has 0 bridgehead atoms. The predicted molar refractivity (Wildman–Crippen MR) is 253 cm³/mol. The maximum Gasteiger partial charge on any atom is 0.237 e. The predicted octanol–water partition coefficient (Wildman–Crippen LogP) is 14.5. The molecule has 0 unspecified atom stereocenters. The molecule has 0 atom stereocenters. The lowest BCUT2D eigenvalue weighted by Gasteiger charge is -2.13. The van der Waals surface area contributed by atoms with Crippen LogP contribution in [0.15, 0.2) is 176 Å². The summed E-state index contributed by atoms with van der Waals surface area (Å²) in [5.41, 5.74) is 9.10. The Kier molecular flexibility index (Phi) is 5.74. The molecule has 0 saturated heterocycles. The summed E-state index contributed by atoms with van der Waals surface area (Å²) in [6.07, 6.45) is 0. The summed E-state index contributed by atoms with van der Waals surface area (Å²) >= 11 is 1.77. The van der Waals surface area contributed by atoms with Crippen molar-refractivity contribution in [2.45, 2.75) is 0 Å². The third kappa shape index (κ3) is 3.78. The molecule has 9 aromatic carbocycles. The van der Waals surface area contributed by atoms with Crippen molar-refractivity contribution in [3.8, 4) is 11.8 Å². The van der Waals surface area contributed by atoms with Crippen LogP contribution in [0.25, 0.3) is 135 Å². The third-order valence-corrected chi connectivity index (χ3v) is 14.3. The molecule has 0 aliphatic heterocycles. The van der Waals surface area contributed by atoms with Crippen LogP contribution in [-0.4, -0.2) is 23.5 Å². The Bertz CT molecular complexity index is 4370. The zero-order valence-corrected chi connectivity index (χ0v) is 32.7. The monoisotopic (exact) mass is 779 g/mol. The van der Waals surface area contributed by atoms with Crippen LogP contribution in [0, 0.1) is 0 Å². The molecule has 15 aromatic rings. The largest absolute Gasteiger partial charge is 0.308 e. The molecule has 6 aromatic heterocycles. The Labute approximate surface area is 344 Å². The maximum absolute atomic E-state index is 5.80. The second-order valence-corrected chi connectivity index (χ2v) is 17.2. The first-order valence-electron chi connectivity index (χ1n) is 20.4. The summed E-state index contributed by atoms with van der Waals surface area (Å²) in [6, 6.07) is 64.3. The van der Waals surface area contributed by atoms with E-state index in [2.05, 4.69) is 189 Å². The fourth-order valence-corrected chi connectivity index (χ4v) is 11.8. The van der Waals surface area contributed by atoms with E-state index in [0.717, 1.165) is 43.5 Å². The van der Waals surface area contributed by atoms with Gasteiger partial charge in [0.05, 0.1) is 48.8 Å². The van der Waals surface area contributed by atoms with Crippen molar-refractivity contribution in [2.75, 3.05) is 0 Å². The highest BCUT2D eigenvalue weighted by Crippen LogP contribution is 2.48. The molecule has 0 spiro atoms. The van der Waals surface area contributed by atoms with Gasteiger partial charge in [-0.15, -0.1) is 11.3 Å². The topological polar surface area (TPSA) is 40.0 Å². The zero-order valence-electron chi connectivity index (χ0n) is 31.9. The normalized spacial score (nSPS) is 12.7. The molecule has 0 fully saturated rings. The molecule has 6 heteroatoms. The fourth-order valence-electron chi connectivity index (χ4n) is 10.7. The summed E-state index contributed by atoms with van der Waals surface area (Å²) in [6.45, 7) is 0. The van der Waals surface area contributed by atoms with Crippen LogP contribution in [0.2, 0.25) is 0 Å². The number of fused-ring (bicyclic) bond motifs is 19. The van der Waals surface area contributed by atoms with E-state index >= 15 is 0 Å².